The van der Waals surface area contributed by atoms with E-state index in [4.69, 9.17) is 0 Å². The maximum atomic E-state index is 14.4. The number of aryl methyl sites for hydroxylation is 1. The quantitative estimate of drug-likeness (QED) is 0.303. The number of hydrogen-bond donors (Lipinski definition) is 0. The third kappa shape index (κ3) is 4.44. The van der Waals surface area contributed by atoms with Crippen LogP contribution >= 0.6 is 15.9 Å². The molecular weight excluding hydrogens is 613 g/mol. The minimum absolute atomic E-state index is 0.0178. The lowest BCUT2D eigenvalue weighted by Crippen LogP contribution is -2.43. The number of anilines is 1. The number of rotatable bonds is 5. The number of halogens is 4. The summed E-state index contributed by atoms with van der Waals surface area (Å²) in [5.74, 6) is 1.66. The Labute approximate surface area is 248 Å². The van der Waals surface area contributed by atoms with Crippen molar-refractivity contribution in [3.63, 3.8) is 0 Å². The van der Waals surface area contributed by atoms with Crippen LogP contribution in [0, 0.1) is 5.92 Å². The molecule has 2 aliphatic heterocycles. The Morgan fingerprint density at radius 1 is 1.12 bits per heavy atom. The summed E-state index contributed by atoms with van der Waals surface area (Å²) >= 11 is 3.28. The average Bonchev–Trinajstić information content (AvgIpc) is 3.62. The Balaban J connectivity index is 1.21. The lowest BCUT2D eigenvalue weighted by Gasteiger charge is -2.46. The van der Waals surface area contributed by atoms with Crippen molar-refractivity contribution >= 4 is 27.5 Å². The first kappa shape index (κ1) is 27.3. The summed E-state index contributed by atoms with van der Waals surface area (Å²) in [5, 5.41) is 12.8. The van der Waals surface area contributed by atoms with Crippen molar-refractivity contribution in [1.82, 2.24) is 34.4 Å². The number of carbonyl (C=O) groups is 1. The standard InChI is InChI=1S/C29H28BrF3N8O/c1-17-11-28(12-17,26-36-34-16-38(26)2)19-4-3-5-20(10-19)40-14-22-21(25(40)42)8-18(9-23(22)29(31,32)33)13-39-6-7-41-24(15-39)35-27(30)37-41/h3-5,8-10,16-17H,6-7,11-15H2,1-2H3. The van der Waals surface area contributed by atoms with Gasteiger partial charge in [-0.15, -0.1) is 15.3 Å². The molecule has 4 aromatic rings. The van der Waals surface area contributed by atoms with E-state index in [-0.39, 0.29) is 29.6 Å². The second-order valence-electron chi connectivity index (χ2n) is 11.7. The van der Waals surface area contributed by atoms with Gasteiger partial charge in [-0.3, -0.25) is 9.69 Å². The molecule has 218 valence electrons. The van der Waals surface area contributed by atoms with Crippen molar-refractivity contribution in [1.29, 1.82) is 0 Å². The van der Waals surface area contributed by atoms with E-state index in [1.54, 1.807) is 23.1 Å². The summed E-state index contributed by atoms with van der Waals surface area (Å²) in [4.78, 5) is 21.6. The molecule has 0 atom stereocenters. The van der Waals surface area contributed by atoms with Crippen molar-refractivity contribution in [3.8, 4) is 0 Å². The topological polar surface area (TPSA) is 85.0 Å². The zero-order valence-corrected chi connectivity index (χ0v) is 24.7. The van der Waals surface area contributed by atoms with Gasteiger partial charge in [-0.25, -0.2) is 9.67 Å². The molecule has 2 aromatic heterocycles. The van der Waals surface area contributed by atoms with Gasteiger partial charge in [0.2, 0.25) is 4.73 Å². The van der Waals surface area contributed by atoms with E-state index in [2.05, 4.69) is 43.1 Å². The average molecular weight is 641 g/mol. The maximum absolute atomic E-state index is 14.4. The fourth-order valence-corrected chi connectivity index (χ4v) is 7.33. The molecule has 1 saturated carbocycles. The second kappa shape index (κ2) is 9.73. The van der Waals surface area contributed by atoms with E-state index in [0.29, 0.717) is 41.5 Å². The van der Waals surface area contributed by atoms with E-state index < -0.39 is 17.6 Å². The van der Waals surface area contributed by atoms with E-state index >= 15 is 0 Å². The van der Waals surface area contributed by atoms with Crippen LogP contribution in [0.5, 0.6) is 0 Å². The van der Waals surface area contributed by atoms with Crippen LogP contribution in [0.4, 0.5) is 18.9 Å². The Bertz CT molecular complexity index is 1710. The predicted octanol–water partition coefficient (Wildman–Crippen LogP) is 5.08. The first-order chi connectivity index (χ1) is 20.0. The molecule has 1 fully saturated rings. The lowest BCUT2D eigenvalue weighted by molar-refractivity contribution is -0.138. The minimum Gasteiger partial charge on any atom is -0.320 e. The summed E-state index contributed by atoms with van der Waals surface area (Å²) < 4.78 is 47.3. The molecule has 13 heteroatoms. The van der Waals surface area contributed by atoms with E-state index in [1.165, 1.54) is 11.0 Å². The summed E-state index contributed by atoms with van der Waals surface area (Å²) in [7, 11) is 1.91. The summed E-state index contributed by atoms with van der Waals surface area (Å²) in [6, 6.07) is 10.4. The van der Waals surface area contributed by atoms with Crippen LogP contribution < -0.4 is 4.90 Å². The molecule has 0 spiro atoms. The molecule has 0 N–H and O–H groups in total. The van der Waals surface area contributed by atoms with Crippen LogP contribution in [0.15, 0.2) is 47.5 Å². The van der Waals surface area contributed by atoms with Crippen molar-refractivity contribution in [2.45, 2.75) is 57.5 Å². The van der Waals surface area contributed by atoms with Gasteiger partial charge in [0.05, 0.1) is 30.6 Å². The molecule has 9 nitrogen and oxygen atoms in total. The van der Waals surface area contributed by atoms with Crippen molar-refractivity contribution in [3.05, 3.63) is 86.9 Å². The van der Waals surface area contributed by atoms with Crippen LogP contribution in [0.25, 0.3) is 0 Å². The molecule has 0 saturated heterocycles. The SMILES string of the molecule is CC1CC(c2cccc(N3Cc4c(cc(CN5CCn6nc(Br)nc6C5)cc4C(F)(F)F)C3=O)c2)(c2nncn2C)C1. The van der Waals surface area contributed by atoms with Crippen molar-refractivity contribution < 1.29 is 18.0 Å². The number of aromatic nitrogens is 6. The number of nitrogens with zero attached hydrogens (tertiary/aromatic N) is 8. The predicted molar refractivity (Wildman–Crippen MR) is 150 cm³/mol. The minimum atomic E-state index is -4.59. The van der Waals surface area contributed by atoms with Gasteiger partial charge in [-0.05, 0) is 75.6 Å². The fraction of sp³-hybridized carbons (Fsp3) is 0.414. The van der Waals surface area contributed by atoms with Gasteiger partial charge in [-0.1, -0.05) is 19.1 Å². The molecule has 4 heterocycles. The number of alkyl halides is 3. The number of carbonyl (C=O) groups excluding carboxylic acids is 1. The summed E-state index contributed by atoms with van der Waals surface area (Å²) in [6.07, 6.45) is -1.16. The highest BCUT2D eigenvalue weighted by atomic mass is 79.9. The third-order valence-electron chi connectivity index (χ3n) is 8.77. The number of benzene rings is 2. The van der Waals surface area contributed by atoms with Crippen LogP contribution in [0.2, 0.25) is 0 Å². The first-order valence-electron chi connectivity index (χ1n) is 13.8. The fourth-order valence-electron chi connectivity index (χ4n) is 6.93. The summed E-state index contributed by atoms with van der Waals surface area (Å²) in [5.41, 5.74) is 1.02. The van der Waals surface area contributed by atoms with Gasteiger partial charge in [0.1, 0.15) is 18.0 Å². The molecule has 0 unspecified atom stereocenters. The Hall–Kier alpha value is -3.58. The van der Waals surface area contributed by atoms with E-state index in [0.717, 1.165) is 30.1 Å². The highest BCUT2D eigenvalue weighted by molar-refractivity contribution is 9.10. The van der Waals surface area contributed by atoms with E-state index in [9.17, 15) is 18.0 Å². The molecule has 0 bridgehead atoms. The highest BCUT2D eigenvalue weighted by Crippen LogP contribution is 2.52. The zero-order chi connectivity index (χ0) is 29.4. The third-order valence-corrected chi connectivity index (χ3v) is 9.11. The Kier molecular flexibility index (Phi) is 6.32. The second-order valence-corrected chi connectivity index (χ2v) is 12.4. The van der Waals surface area contributed by atoms with Crippen LogP contribution in [-0.4, -0.2) is 46.9 Å². The molecule has 0 radical (unpaired) electrons. The zero-order valence-electron chi connectivity index (χ0n) is 23.1. The summed E-state index contributed by atoms with van der Waals surface area (Å²) in [6.45, 7) is 3.96. The van der Waals surface area contributed by atoms with Crippen molar-refractivity contribution in [2.75, 3.05) is 11.4 Å². The van der Waals surface area contributed by atoms with Gasteiger partial charge in [0, 0.05) is 31.4 Å². The lowest BCUT2D eigenvalue weighted by atomic mass is 9.58. The van der Waals surface area contributed by atoms with Gasteiger partial charge >= 0.3 is 6.18 Å². The normalized spacial score (nSPS) is 22.3. The van der Waals surface area contributed by atoms with Gasteiger partial charge in [0.25, 0.3) is 5.91 Å². The van der Waals surface area contributed by atoms with Crippen LogP contribution in [0.3, 0.4) is 0 Å². The Morgan fingerprint density at radius 2 is 1.93 bits per heavy atom. The van der Waals surface area contributed by atoms with Crippen LogP contribution in [-0.2, 0) is 44.8 Å². The molecule has 1 aliphatic carbocycles. The first-order valence-corrected chi connectivity index (χ1v) is 14.6. The highest BCUT2D eigenvalue weighted by Gasteiger charge is 2.48. The van der Waals surface area contributed by atoms with E-state index in [1.807, 2.05) is 34.7 Å². The molecule has 42 heavy (non-hydrogen) atoms. The molecule has 7 rings (SSSR count). The molecular formula is C29H28BrF3N8O. The van der Waals surface area contributed by atoms with Crippen LogP contribution in [0.1, 0.15) is 64.0 Å². The smallest absolute Gasteiger partial charge is 0.320 e. The monoisotopic (exact) mass is 640 g/mol. The molecule has 2 aromatic carbocycles. The Morgan fingerprint density at radius 3 is 2.64 bits per heavy atom. The molecule has 3 aliphatic rings. The number of amides is 1. The largest absolute Gasteiger partial charge is 0.416 e. The van der Waals surface area contributed by atoms with Gasteiger partial charge in [0.15, 0.2) is 0 Å². The maximum Gasteiger partial charge on any atom is 0.416 e. The molecule has 1 amide bonds. The van der Waals surface area contributed by atoms with Gasteiger partial charge < -0.3 is 9.47 Å². The number of fused-ring (bicyclic) bond motifs is 2. The van der Waals surface area contributed by atoms with Gasteiger partial charge in [-0.2, -0.15) is 13.2 Å². The van der Waals surface area contributed by atoms with Crippen molar-refractivity contribution in [2.24, 2.45) is 13.0 Å². The number of hydrogen-bond acceptors (Lipinski definition) is 6.